The fourth-order valence-electron chi connectivity index (χ4n) is 6.41. The molecule has 1 aliphatic carbocycles. The lowest BCUT2D eigenvalue weighted by atomic mass is 9.96. The largest absolute Gasteiger partial charge is 0.479 e. The van der Waals surface area contributed by atoms with Crippen LogP contribution in [0.25, 0.3) is 11.1 Å². The van der Waals surface area contributed by atoms with E-state index < -0.39 is 23.5 Å². The van der Waals surface area contributed by atoms with Gasteiger partial charge in [0.25, 0.3) is 0 Å². The molecule has 0 aromatic heterocycles. The minimum atomic E-state index is -1.33. The summed E-state index contributed by atoms with van der Waals surface area (Å²) < 4.78 is 11.4. The van der Waals surface area contributed by atoms with Crippen molar-refractivity contribution in [3.63, 3.8) is 0 Å². The number of carboxylic acid groups (broad SMARTS) is 1. The van der Waals surface area contributed by atoms with Crippen LogP contribution in [0.15, 0.2) is 78.9 Å². The van der Waals surface area contributed by atoms with Gasteiger partial charge in [0.1, 0.15) is 6.61 Å². The van der Waals surface area contributed by atoms with Crippen molar-refractivity contribution in [1.29, 1.82) is 0 Å². The Morgan fingerprint density at radius 1 is 0.952 bits per heavy atom. The molecule has 0 saturated carbocycles. The number of carbonyl (C=O) groups excluding carboxylic acids is 2. The number of hydrogen-bond acceptors (Lipinski definition) is 6. The lowest BCUT2D eigenvalue weighted by Gasteiger charge is -2.27. The number of nitrogens with one attached hydrogen (secondary N) is 2. The summed E-state index contributed by atoms with van der Waals surface area (Å²) in [5.74, 6) is -1.88. The van der Waals surface area contributed by atoms with Gasteiger partial charge in [0.15, 0.2) is 5.54 Å². The van der Waals surface area contributed by atoms with Gasteiger partial charge in [0.2, 0.25) is 5.91 Å². The molecule has 3 aliphatic rings. The molecule has 2 heterocycles. The molecule has 3 aromatic rings. The van der Waals surface area contributed by atoms with Crippen LogP contribution in [-0.2, 0) is 25.6 Å². The Balaban J connectivity index is 0.972. The standard InChI is InChI=1S/C33H35N3O6/c37-30(35-33(31(38)39)14-15-36(21-33)18-22-8-2-1-3-9-22)23-16-24(41-19-23)17-34-32(40)42-20-29-27-12-6-4-10-25(27)26-11-5-7-13-28(26)29/h1-13,23-24,29H,14-21H2,(H,34,40)(H,35,37)(H,38,39). The first-order valence-electron chi connectivity index (χ1n) is 14.4. The number of fused-ring (bicyclic) bond motifs is 3. The number of carbonyl (C=O) groups is 3. The summed E-state index contributed by atoms with van der Waals surface area (Å²) in [7, 11) is 0. The molecule has 3 atom stereocenters. The van der Waals surface area contributed by atoms with Gasteiger partial charge >= 0.3 is 12.1 Å². The number of alkyl carbamates (subject to hydrolysis) is 1. The van der Waals surface area contributed by atoms with Crippen LogP contribution in [0.3, 0.4) is 0 Å². The van der Waals surface area contributed by atoms with Gasteiger partial charge in [-0.2, -0.15) is 0 Å². The van der Waals surface area contributed by atoms with Gasteiger partial charge in [-0.05, 0) is 40.7 Å². The second-order valence-corrected chi connectivity index (χ2v) is 11.4. The summed E-state index contributed by atoms with van der Waals surface area (Å²) in [6, 6.07) is 26.2. The topological polar surface area (TPSA) is 117 Å². The van der Waals surface area contributed by atoms with Crippen LogP contribution in [0.5, 0.6) is 0 Å². The van der Waals surface area contributed by atoms with E-state index in [9.17, 15) is 19.5 Å². The van der Waals surface area contributed by atoms with E-state index in [0.717, 1.165) is 27.8 Å². The predicted molar refractivity (Wildman–Crippen MR) is 156 cm³/mol. The first kappa shape index (κ1) is 27.9. The quantitative estimate of drug-likeness (QED) is 0.359. The van der Waals surface area contributed by atoms with E-state index in [4.69, 9.17) is 9.47 Å². The van der Waals surface area contributed by atoms with Gasteiger partial charge < -0.3 is 25.2 Å². The molecule has 2 fully saturated rings. The molecule has 0 radical (unpaired) electrons. The first-order valence-corrected chi connectivity index (χ1v) is 14.4. The molecule has 0 bridgehead atoms. The van der Waals surface area contributed by atoms with Crippen LogP contribution in [0, 0.1) is 5.92 Å². The second kappa shape index (κ2) is 12.0. The number of carboxylic acids is 1. The van der Waals surface area contributed by atoms with Crippen LogP contribution in [0.4, 0.5) is 4.79 Å². The Bertz CT molecular complexity index is 1420. The maximum absolute atomic E-state index is 13.1. The van der Waals surface area contributed by atoms with E-state index in [-0.39, 0.29) is 44.2 Å². The summed E-state index contributed by atoms with van der Waals surface area (Å²) in [6.07, 6.45) is -0.178. The zero-order valence-corrected chi connectivity index (χ0v) is 23.3. The number of benzene rings is 3. The van der Waals surface area contributed by atoms with Gasteiger partial charge in [0, 0.05) is 32.1 Å². The molecular formula is C33H35N3O6. The Morgan fingerprint density at radius 3 is 2.31 bits per heavy atom. The van der Waals surface area contributed by atoms with Crippen molar-refractivity contribution in [3.05, 3.63) is 95.6 Å². The third kappa shape index (κ3) is 5.75. The van der Waals surface area contributed by atoms with Crippen LogP contribution in [-0.4, -0.2) is 72.5 Å². The highest BCUT2D eigenvalue weighted by Crippen LogP contribution is 2.44. The van der Waals surface area contributed by atoms with E-state index in [1.54, 1.807) is 0 Å². The average molecular weight is 570 g/mol. The summed E-state index contributed by atoms with van der Waals surface area (Å²) in [5.41, 5.74) is 4.38. The van der Waals surface area contributed by atoms with Crippen molar-refractivity contribution < 1.29 is 29.0 Å². The van der Waals surface area contributed by atoms with Crippen LogP contribution < -0.4 is 10.6 Å². The molecule has 3 unspecified atom stereocenters. The Morgan fingerprint density at radius 2 is 1.62 bits per heavy atom. The zero-order valence-electron chi connectivity index (χ0n) is 23.3. The molecular weight excluding hydrogens is 534 g/mol. The molecule has 6 rings (SSSR count). The number of likely N-dealkylation sites (tertiary alicyclic amines) is 1. The van der Waals surface area contributed by atoms with Crippen molar-refractivity contribution in [1.82, 2.24) is 15.5 Å². The average Bonchev–Trinajstić information content (AvgIpc) is 3.72. The predicted octanol–water partition coefficient (Wildman–Crippen LogP) is 3.78. The number of ether oxygens (including phenoxy) is 2. The molecule has 2 saturated heterocycles. The summed E-state index contributed by atoms with van der Waals surface area (Å²) in [6.45, 7) is 2.04. The van der Waals surface area contributed by atoms with E-state index in [0.29, 0.717) is 25.9 Å². The Hall–Kier alpha value is -4.21. The van der Waals surface area contributed by atoms with Gasteiger partial charge in [-0.3, -0.25) is 9.69 Å². The molecule has 0 spiro atoms. The van der Waals surface area contributed by atoms with Gasteiger partial charge in [-0.1, -0.05) is 78.9 Å². The lowest BCUT2D eigenvalue weighted by Crippen LogP contribution is -2.57. The van der Waals surface area contributed by atoms with E-state index in [1.807, 2.05) is 54.6 Å². The fourth-order valence-corrected chi connectivity index (χ4v) is 6.41. The maximum atomic E-state index is 13.1. The molecule has 9 heteroatoms. The van der Waals surface area contributed by atoms with Gasteiger partial charge in [-0.15, -0.1) is 0 Å². The molecule has 42 heavy (non-hydrogen) atoms. The van der Waals surface area contributed by atoms with Gasteiger partial charge in [-0.25, -0.2) is 9.59 Å². The monoisotopic (exact) mass is 569 g/mol. The third-order valence-electron chi connectivity index (χ3n) is 8.64. The summed E-state index contributed by atoms with van der Waals surface area (Å²) in [5, 5.41) is 15.6. The van der Waals surface area contributed by atoms with Crippen LogP contribution in [0.2, 0.25) is 0 Å². The van der Waals surface area contributed by atoms with Crippen molar-refractivity contribution in [2.45, 2.75) is 36.9 Å². The van der Waals surface area contributed by atoms with E-state index in [2.05, 4.69) is 39.8 Å². The number of nitrogens with zero attached hydrogens (tertiary/aromatic N) is 1. The molecule has 2 amide bonds. The first-order chi connectivity index (χ1) is 20.4. The number of aliphatic carboxylic acids is 1. The zero-order chi connectivity index (χ0) is 29.1. The third-order valence-corrected chi connectivity index (χ3v) is 8.64. The van der Waals surface area contributed by atoms with Crippen molar-refractivity contribution in [3.8, 4) is 11.1 Å². The van der Waals surface area contributed by atoms with Crippen molar-refractivity contribution in [2.75, 3.05) is 32.8 Å². The summed E-state index contributed by atoms with van der Waals surface area (Å²) >= 11 is 0. The van der Waals surface area contributed by atoms with Crippen molar-refractivity contribution >= 4 is 18.0 Å². The molecule has 3 N–H and O–H groups in total. The molecule has 9 nitrogen and oxygen atoms in total. The van der Waals surface area contributed by atoms with Gasteiger partial charge in [0.05, 0.1) is 18.6 Å². The SMILES string of the molecule is O=C(NCC1CC(C(=O)NC2(C(=O)O)CCN(Cc3ccccc3)C2)CO1)OCC1c2ccccc2-c2ccccc21. The Kier molecular flexibility index (Phi) is 7.95. The molecule has 3 aromatic carbocycles. The van der Waals surface area contributed by atoms with E-state index >= 15 is 0 Å². The number of rotatable bonds is 9. The minimum Gasteiger partial charge on any atom is -0.479 e. The van der Waals surface area contributed by atoms with Crippen molar-refractivity contribution in [2.24, 2.45) is 5.92 Å². The highest BCUT2D eigenvalue weighted by atomic mass is 16.5. The normalized spacial score (nSPS) is 23.2. The number of amides is 2. The number of hydrogen-bond donors (Lipinski definition) is 3. The summed E-state index contributed by atoms with van der Waals surface area (Å²) in [4.78, 5) is 40.0. The highest BCUT2D eigenvalue weighted by molar-refractivity contribution is 5.89. The highest BCUT2D eigenvalue weighted by Gasteiger charge is 2.47. The minimum absolute atomic E-state index is 0.0280. The van der Waals surface area contributed by atoms with Crippen LogP contribution >= 0.6 is 0 Å². The maximum Gasteiger partial charge on any atom is 0.407 e. The van der Waals surface area contributed by atoms with Crippen LogP contribution in [0.1, 0.15) is 35.4 Å². The Labute approximate surface area is 244 Å². The lowest BCUT2D eigenvalue weighted by molar-refractivity contribution is -0.147. The van der Waals surface area contributed by atoms with E-state index in [1.165, 1.54) is 0 Å². The smallest absolute Gasteiger partial charge is 0.407 e. The molecule has 218 valence electrons. The fraction of sp³-hybridized carbons (Fsp3) is 0.364. The molecule has 2 aliphatic heterocycles. The second-order valence-electron chi connectivity index (χ2n) is 11.4.